The standard InChI is InChI=1S/C23H18N4O3S2/c1-2-22-25-23(31-26-22)27-32(28,29)18-12-13-20(17(14-18)15-24)30-21-11-7-6-10-19(21)16-8-4-3-5-9-16/h3-14H,2H2,1H3,(H,25,26,27). The van der Waals surface area contributed by atoms with Crippen LogP contribution in [0, 0.1) is 11.3 Å². The summed E-state index contributed by atoms with van der Waals surface area (Å²) in [6, 6.07) is 23.4. The largest absolute Gasteiger partial charge is 0.455 e. The average molecular weight is 463 g/mol. The van der Waals surface area contributed by atoms with Crippen LogP contribution in [0.5, 0.6) is 11.5 Å². The molecule has 9 heteroatoms. The number of hydrogen-bond donors (Lipinski definition) is 1. The first-order valence-corrected chi connectivity index (χ1v) is 12.0. The van der Waals surface area contributed by atoms with E-state index in [0.717, 1.165) is 22.7 Å². The molecule has 0 aliphatic rings. The summed E-state index contributed by atoms with van der Waals surface area (Å²) < 4.78 is 38.0. The Bertz CT molecular complexity index is 1390. The molecule has 0 saturated heterocycles. The van der Waals surface area contributed by atoms with E-state index in [1.165, 1.54) is 18.2 Å². The second-order valence-corrected chi connectivity index (χ2v) is 9.14. The van der Waals surface area contributed by atoms with E-state index in [2.05, 4.69) is 14.1 Å². The van der Waals surface area contributed by atoms with Crippen molar-refractivity contribution < 1.29 is 13.2 Å². The molecule has 0 atom stereocenters. The zero-order chi connectivity index (χ0) is 22.6. The molecule has 4 rings (SSSR count). The maximum Gasteiger partial charge on any atom is 0.263 e. The molecule has 0 bridgehead atoms. The highest BCUT2D eigenvalue weighted by Crippen LogP contribution is 2.35. The number of benzene rings is 3. The van der Waals surface area contributed by atoms with Crippen LogP contribution in [0.2, 0.25) is 0 Å². The van der Waals surface area contributed by atoms with Crippen molar-refractivity contribution in [1.29, 1.82) is 5.26 Å². The highest BCUT2D eigenvalue weighted by Gasteiger charge is 2.19. The number of sulfonamides is 1. The predicted molar refractivity (Wildman–Crippen MR) is 123 cm³/mol. The zero-order valence-electron chi connectivity index (χ0n) is 17.0. The summed E-state index contributed by atoms with van der Waals surface area (Å²) in [4.78, 5) is 4.06. The SMILES string of the molecule is CCc1nsc(NS(=O)(=O)c2ccc(Oc3ccccc3-c3ccccc3)c(C#N)c2)n1. The maximum absolute atomic E-state index is 12.8. The lowest BCUT2D eigenvalue weighted by molar-refractivity contribution is 0.482. The Kier molecular flexibility index (Phi) is 6.16. The molecule has 0 spiro atoms. The van der Waals surface area contributed by atoms with E-state index in [1.54, 1.807) is 6.07 Å². The molecular formula is C23H18N4O3S2. The Morgan fingerprint density at radius 3 is 2.50 bits per heavy atom. The number of para-hydroxylation sites is 1. The van der Waals surface area contributed by atoms with E-state index in [0.29, 0.717) is 18.0 Å². The van der Waals surface area contributed by atoms with Crippen molar-refractivity contribution in [3.63, 3.8) is 0 Å². The van der Waals surface area contributed by atoms with E-state index in [-0.39, 0.29) is 21.3 Å². The molecule has 0 saturated carbocycles. The second kappa shape index (κ2) is 9.18. The van der Waals surface area contributed by atoms with Gasteiger partial charge in [0.2, 0.25) is 5.13 Å². The van der Waals surface area contributed by atoms with Gasteiger partial charge < -0.3 is 4.74 Å². The highest BCUT2D eigenvalue weighted by molar-refractivity contribution is 7.93. The van der Waals surface area contributed by atoms with Crippen LogP contribution in [0.15, 0.2) is 77.7 Å². The number of ether oxygens (including phenoxy) is 1. The molecule has 160 valence electrons. The topological polar surface area (TPSA) is 105 Å². The molecule has 0 fully saturated rings. The van der Waals surface area contributed by atoms with Gasteiger partial charge in [-0.25, -0.2) is 13.4 Å². The summed E-state index contributed by atoms with van der Waals surface area (Å²) in [5.74, 6) is 1.38. The van der Waals surface area contributed by atoms with Crippen molar-refractivity contribution in [1.82, 2.24) is 9.36 Å². The summed E-state index contributed by atoms with van der Waals surface area (Å²) in [7, 11) is -3.93. The first kappa shape index (κ1) is 21.5. The van der Waals surface area contributed by atoms with Crippen molar-refractivity contribution in [3.05, 3.63) is 84.2 Å². The van der Waals surface area contributed by atoms with Crippen molar-refractivity contribution in [3.8, 4) is 28.7 Å². The first-order chi connectivity index (χ1) is 15.5. The van der Waals surface area contributed by atoms with Crippen molar-refractivity contribution >= 4 is 26.7 Å². The molecule has 32 heavy (non-hydrogen) atoms. The molecule has 0 radical (unpaired) electrons. The lowest BCUT2D eigenvalue weighted by atomic mass is 10.0. The minimum absolute atomic E-state index is 0.0639. The van der Waals surface area contributed by atoms with Gasteiger partial charge in [0.05, 0.1) is 10.5 Å². The quantitative estimate of drug-likeness (QED) is 0.403. The molecule has 0 amide bonds. The van der Waals surface area contributed by atoms with Gasteiger partial charge in [0.15, 0.2) is 0 Å². The van der Waals surface area contributed by atoms with E-state index in [1.807, 2.05) is 61.5 Å². The third kappa shape index (κ3) is 4.61. The van der Waals surface area contributed by atoms with Crippen LogP contribution < -0.4 is 9.46 Å². The van der Waals surface area contributed by atoms with Gasteiger partial charge in [0.1, 0.15) is 23.4 Å². The summed E-state index contributed by atoms with van der Waals surface area (Å²) in [5, 5.41) is 9.81. The molecule has 0 aliphatic carbocycles. The van der Waals surface area contributed by atoms with E-state index < -0.39 is 10.0 Å². The van der Waals surface area contributed by atoms with Crippen LogP contribution in [-0.4, -0.2) is 17.8 Å². The van der Waals surface area contributed by atoms with Gasteiger partial charge in [-0.3, -0.25) is 4.72 Å². The molecule has 1 aromatic heterocycles. The van der Waals surface area contributed by atoms with Crippen LogP contribution in [0.4, 0.5) is 5.13 Å². The second-order valence-electron chi connectivity index (χ2n) is 6.71. The fourth-order valence-electron chi connectivity index (χ4n) is 3.00. The molecule has 7 nitrogen and oxygen atoms in total. The Morgan fingerprint density at radius 2 is 1.78 bits per heavy atom. The van der Waals surface area contributed by atoms with Crippen molar-refractivity contribution in [2.24, 2.45) is 0 Å². The number of nitriles is 1. The molecule has 1 N–H and O–H groups in total. The third-order valence-corrected chi connectivity index (χ3v) is 6.71. The molecule has 0 unspecified atom stereocenters. The van der Waals surface area contributed by atoms with Crippen LogP contribution in [0.3, 0.4) is 0 Å². The Hall–Kier alpha value is -3.74. The predicted octanol–water partition coefficient (Wildman–Crippen LogP) is 5.23. The minimum Gasteiger partial charge on any atom is -0.455 e. The summed E-state index contributed by atoms with van der Waals surface area (Å²) in [6.45, 7) is 1.88. The number of rotatable bonds is 7. The number of nitrogens with zero attached hydrogens (tertiary/aromatic N) is 3. The number of anilines is 1. The summed E-state index contributed by atoms with van der Waals surface area (Å²) in [6.07, 6.45) is 0.604. The van der Waals surface area contributed by atoms with Gasteiger partial charge in [0.25, 0.3) is 10.0 Å². The van der Waals surface area contributed by atoms with Gasteiger partial charge in [-0.2, -0.15) is 9.64 Å². The van der Waals surface area contributed by atoms with Crippen LogP contribution >= 0.6 is 11.5 Å². The Morgan fingerprint density at radius 1 is 1.03 bits per heavy atom. The van der Waals surface area contributed by atoms with Crippen LogP contribution in [-0.2, 0) is 16.4 Å². The van der Waals surface area contributed by atoms with E-state index in [4.69, 9.17) is 4.74 Å². The van der Waals surface area contributed by atoms with Crippen molar-refractivity contribution in [2.45, 2.75) is 18.2 Å². The fraction of sp³-hybridized carbons (Fsp3) is 0.0870. The van der Waals surface area contributed by atoms with Crippen LogP contribution in [0.1, 0.15) is 18.3 Å². The van der Waals surface area contributed by atoms with Crippen molar-refractivity contribution in [2.75, 3.05) is 4.72 Å². The zero-order valence-corrected chi connectivity index (χ0v) is 18.7. The lowest BCUT2D eigenvalue weighted by Crippen LogP contribution is -2.13. The van der Waals surface area contributed by atoms with Gasteiger partial charge in [0, 0.05) is 23.5 Å². The molecule has 3 aromatic carbocycles. The Labute approximate surface area is 190 Å². The normalized spacial score (nSPS) is 11.0. The molecule has 4 aromatic rings. The molecular weight excluding hydrogens is 444 g/mol. The van der Waals surface area contributed by atoms with Gasteiger partial charge in [-0.05, 0) is 29.8 Å². The van der Waals surface area contributed by atoms with E-state index in [9.17, 15) is 13.7 Å². The number of aryl methyl sites for hydroxylation is 1. The van der Waals surface area contributed by atoms with Gasteiger partial charge in [-0.15, -0.1) is 0 Å². The highest BCUT2D eigenvalue weighted by atomic mass is 32.2. The van der Waals surface area contributed by atoms with E-state index >= 15 is 0 Å². The monoisotopic (exact) mass is 462 g/mol. The maximum atomic E-state index is 12.8. The van der Waals surface area contributed by atoms with Crippen LogP contribution in [0.25, 0.3) is 11.1 Å². The summed E-state index contributed by atoms with van der Waals surface area (Å²) >= 11 is 0.969. The molecule has 0 aliphatic heterocycles. The fourth-order valence-corrected chi connectivity index (χ4v) is 4.90. The summed E-state index contributed by atoms with van der Waals surface area (Å²) in [5.41, 5.74) is 1.93. The average Bonchev–Trinajstić information content (AvgIpc) is 3.27. The van der Waals surface area contributed by atoms with Gasteiger partial charge >= 0.3 is 0 Å². The van der Waals surface area contributed by atoms with Gasteiger partial charge in [-0.1, -0.05) is 55.5 Å². The number of hydrogen-bond acceptors (Lipinski definition) is 7. The minimum atomic E-state index is -3.93. The third-order valence-electron chi connectivity index (χ3n) is 4.58. The number of aromatic nitrogens is 2. The molecule has 1 heterocycles. The number of nitrogens with one attached hydrogen (secondary N) is 1. The lowest BCUT2D eigenvalue weighted by Gasteiger charge is -2.13. The first-order valence-electron chi connectivity index (χ1n) is 9.72. The Balaban J connectivity index is 1.64. The smallest absolute Gasteiger partial charge is 0.263 e.